The molecular weight excluding hydrogens is 240 g/mol. The maximum Gasteiger partial charge on any atom is 0.332 e. The fraction of sp³-hybridized carbons (Fsp3) is 0.400. The Morgan fingerprint density at radius 1 is 1.22 bits per heavy atom. The summed E-state index contributed by atoms with van der Waals surface area (Å²) in [6, 6.07) is 0. The van der Waals surface area contributed by atoms with E-state index in [-0.39, 0.29) is 11.2 Å². The van der Waals surface area contributed by atoms with Crippen LogP contribution >= 0.6 is 0 Å². The molecule has 8 heteroatoms. The fourth-order valence-electron chi connectivity index (χ4n) is 1.47. The number of imidazole rings is 1. The summed E-state index contributed by atoms with van der Waals surface area (Å²) in [6.45, 7) is 1.08. The average molecular weight is 254 g/mol. The Morgan fingerprint density at radius 2 is 1.72 bits per heavy atom. The molecule has 98 valence electrons. The van der Waals surface area contributed by atoms with Gasteiger partial charge in [0.25, 0.3) is 11.5 Å². The van der Waals surface area contributed by atoms with Crippen molar-refractivity contribution in [2.75, 3.05) is 0 Å². The van der Waals surface area contributed by atoms with Gasteiger partial charge in [-0.05, 0) is 0 Å². The monoisotopic (exact) mass is 254 g/mol. The van der Waals surface area contributed by atoms with Crippen LogP contribution in [0.1, 0.15) is 6.92 Å². The predicted molar refractivity (Wildman–Crippen MR) is 64.5 cm³/mol. The van der Waals surface area contributed by atoms with Crippen LogP contribution in [0.5, 0.6) is 0 Å². The first kappa shape index (κ1) is 13.7. The second-order valence-electron chi connectivity index (χ2n) is 3.75. The Kier molecular flexibility index (Phi) is 3.70. The molecule has 1 N–H and O–H groups in total. The van der Waals surface area contributed by atoms with Gasteiger partial charge >= 0.3 is 5.69 Å². The Bertz CT molecular complexity index is 703. The van der Waals surface area contributed by atoms with Crippen LogP contribution < -0.4 is 11.2 Å². The molecule has 0 aliphatic rings. The summed E-state index contributed by atoms with van der Waals surface area (Å²) >= 11 is 0. The van der Waals surface area contributed by atoms with E-state index < -0.39 is 5.97 Å². The highest BCUT2D eigenvalue weighted by molar-refractivity contribution is 5.69. The van der Waals surface area contributed by atoms with Crippen molar-refractivity contribution in [1.82, 2.24) is 18.7 Å². The number of carboxylic acids is 1. The van der Waals surface area contributed by atoms with Gasteiger partial charge in [0.15, 0.2) is 11.2 Å². The third kappa shape index (κ3) is 2.31. The van der Waals surface area contributed by atoms with Crippen molar-refractivity contribution in [2.24, 2.45) is 21.1 Å². The third-order valence-electron chi connectivity index (χ3n) is 2.32. The molecular formula is C10H14N4O4. The Morgan fingerprint density at radius 3 is 2.22 bits per heavy atom. The number of carbonyl (C=O) groups is 1. The molecule has 0 atom stereocenters. The highest BCUT2D eigenvalue weighted by Crippen LogP contribution is 2.01. The van der Waals surface area contributed by atoms with Crippen molar-refractivity contribution in [2.45, 2.75) is 6.92 Å². The molecule has 2 heterocycles. The lowest BCUT2D eigenvalue weighted by molar-refractivity contribution is -0.134. The van der Waals surface area contributed by atoms with Gasteiger partial charge in [0.2, 0.25) is 0 Å². The SMILES string of the molecule is CC(=O)O.Cn1c(=O)c2c(ncn2C)n(C)c1=O. The van der Waals surface area contributed by atoms with Gasteiger partial charge in [0, 0.05) is 28.1 Å². The zero-order valence-corrected chi connectivity index (χ0v) is 10.5. The average Bonchev–Trinajstić information content (AvgIpc) is 2.65. The van der Waals surface area contributed by atoms with Crippen LogP contribution in [-0.4, -0.2) is 29.8 Å². The lowest BCUT2D eigenvalue weighted by Crippen LogP contribution is -2.37. The van der Waals surface area contributed by atoms with Crippen molar-refractivity contribution in [3.63, 3.8) is 0 Å². The normalized spacial score (nSPS) is 10.0. The number of aryl methyl sites for hydroxylation is 2. The standard InChI is InChI=1S/C8H10N4O2.C2H4O2/c1-10-4-9-6-5(10)7(13)12(3)8(14)11(6)2;1-2(3)4/h4H,1-3H3;1H3,(H,3,4). The lowest BCUT2D eigenvalue weighted by Gasteiger charge is -2.02. The topological polar surface area (TPSA) is 99.1 Å². The van der Waals surface area contributed by atoms with Crippen molar-refractivity contribution in [3.05, 3.63) is 27.2 Å². The molecule has 0 fully saturated rings. The zero-order valence-electron chi connectivity index (χ0n) is 10.5. The van der Waals surface area contributed by atoms with Gasteiger partial charge < -0.3 is 9.67 Å². The first-order chi connectivity index (χ1) is 8.27. The summed E-state index contributed by atoms with van der Waals surface area (Å²) < 4.78 is 4.04. The largest absolute Gasteiger partial charge is 0.481 e. The maximum atomic E-state index is 11.7. The van der Waals surface area contributed by atoms with E-state index >= 15 is 0 Å². The van der Waals surface area contributed by atoms with Gasteiger partial charge in [-0.3, -0.25) is 18.7 Å². The van der Waals surface area contributed by atoms with Gasteiger partial charge in [0.05, 0.1) is 6.33 Å². The molecule has 2 rings (SSSR count). The van der Waals surface area contributed by atoms with Crippen LogP contribution in [0.15, 0.2) is 15.9 Å². The molecule has 8 nitrogen and oxygen atoms in total. The first-order valence-electron chi connectivity index (χ1n) is 5.04. The summed E-state index contributed by atoms with van der Waals surface area (Å²) in [4.78, 5) is 36.2. The Balaban J connectivity index is 0.000000357. The van der Waals surface area contributed by atoms with Gasteiger partial charge in [0.1, 0.15) is 0 Å². The molecule has 0 amide bonds. The maximum absolute atomic E-state index is 11.7. The third-order valence-corrected chi connectivity index (χ3v) is 2.32. The molecule has 0 spiro atoms. The summed E-state index contributed by atoms with van der Waals surface area (Å²) in [7, 11) is 4.77. The van der Waals surface area contributed by atoms with Gasteiger partial charge in [-0.25, -0.2) is 9.78 Å². The van der Waals surface area contributed by atoms with Crippen LogP contribution in [0.2, 0.25) is 0 Å². The minimum atomic E-state index is -0.833. The lowest BCUT2D eigenvalue weighted by atomic mass is 10.5. The minimum absolute atomic E-state index is 0.317. The van der Waals surface area contributed by atoms with Gasteiger partial charge in [-0.2, -0.15) is 0 Å². The van der Waals surface area contributed by atoms with Crippen LogP contribution in [0, 0.1) is 0 Å². The van der Waals surface area contributed by atoms with Crippen LogP contribution in [0.25, 0.3) is 11.2 Å². The molecule has 2 aromatic heterocycles. The smallest absolute Gasteiger partial charge is 0.332 e. The second kappa shape index (κ2) is 4.86. The van der Waals surface area contributed by atoms with E-state index in [1.165, 1.54) is 17.9 Å². The minimum Gasteiger partial charge on any atom is -0.481 e. The van der Waals surface area contributed by atoms with Crippen LogP contribution in [0.3, 0.4) is 0 Å². The number of aromatic nitrogens is 4. The number of rotatable bonds is 0. The molecule has 2 aromatic rings. The highest BCUT2D eigenvalue weighted by atomic mass is 16.4. The number of fused-ring (bicyclic) bond motifs is 1. The summed E-state index contributed by atoms with van der Waals surface area (Å²) in [6.07, 6.45) is 1.52. The summed E-state index contributed by atoms with van der Waals surface area (Å²) in [5.41, 5.74) is 0.180. The van der Waals surface area contributed by atoms with E-state index in [4.69, 9.17) is 9.90 Å². The van der Waals surface area contributed by atoms with E-state index in [1.807, 2.05) is 0 Å². The molecule has 0 radical (unpaired) electrons. The van der Waals surface area contributed by atoms with Crippen molar-refractivity contribution < 1.29 is 9.90 Å². The molecule has 18 heavy (non-hydrogen) atoms. The number of nitrogens with zero attached hydrogens (tertiary/aromatic N) is 4. The number of hydrogen-bond donors (Lipinski definition) is 1. The number of hydrogen-bond acceptors (Lipinski definition) is 4. The molecule has 0 aromatic carbocycles. The van der Waals surface area contributed by atoms with E-state index in [0.717, 1.165) is 11.5 Å². The molecule has 0 saturated carbocycles. The zero-order chi connectivity index (χ0) is 14.0. The van der Waals surface area contributed by atoms with Crippen LogP contribution in [0.4, 0.5) is 0 Å². The molecule has 0 unspecified atom stereocenters. The fourth-order valence-corrected chi connectivity index (χ4v) is 1.47. The predicted octanol–water partition coefficient (Wildman–Crippen LogP) is -0.938. The van der Waals surface area contributed by atoms with E-state index in [1.54, 1.807) is 18.7 Å². The second-order valence-corrected chi connectivity index (χ2v) is 3.75. The van der Waals surface area contributed by atoms with Crippen molar-refractivity contribution in [3.8, 4) is 0 Å². The molecule has 0 bridgehead atoms. The van der Waals surface area contributed by atoms with Crippen molar-refractivity contribution >= 4 is 17.1 Å². The molecule has 0 aliphatic heterocycles. The highest BCUT2D eigenvalue weighted by Gasteiger charge is 2.11. The summed E-state index contributed by atoms with van der Waals surface area (Å²) in [5, 5.41) is 7.42. The summed E-state index contributed by atoms with van der Waals surface area (Å²) in [5.74, 6) is -0.833. The van der Waals surface area contributed by atoms with Gasteiger partial charge in [-0.15, -0.1) is 0 Å². The first-order valence-corrected chi connectivity index (χ1v) is 5.04. The number of carboxylic acid groups (broad SMARTS) is 1. The van der Waals surface area contributed by atoms with Gasteiger partial charge in [-0.1, -0.05) is 0 Å². The van der Waals surface area contributed by atoms with E-state index in [0.29, 0.717) is 11.2 Å². The van der Waals surface area contributed by atoms with Crippen molar-refractivity contribution in [1.29, 1.82) is 0 Å². The van der Waals surface area contributed by atoms with E-state index in [9.17, 15) is 9.59 Å². The van der Waals surface area contributed by atoms with E-state index in [2.05, 4.69) is 4.98 Å². The Hall–Kier alpha value is -2.38. The quantitative estimate of drug-likeness (QED) is 0.654. The van der Waals surface area contributed by atoms with Crippen LogP contribution in [-0.2, 0) is 25.9 Å². The molecule has 0 saturated heterocycles. The number of aliphatic carboxylic acids is 1. The molecule has 0 aliphatic carbocycles. The Labute approximate surface area is 102 Å².